The summed E-state index contributed by atoms with van der Waals surface area (Å²) in [4.78, 5) is 26.6. The molecule has 0 bridgehead atoms. The normalized spacial score (nSPS) is 12.7. The third-order valence-corrected chi connectivity index (χ3v) is 5.17. The summed E-state index contributed by atoms with van der Waals surface area (Å²) in [5, 5.41) is 2.89. The zero-order chi connectivity index (χ0) is 22.2. The van der Waals surface area contributed by atoms with E-state index in [2.05, 4.69) is 5.32 Å². The third-order valence-electron chi connectivity index (χ3n) is 5.17. The number of nitrogens with zero attached hydrogens (tertiary/aromatic N) is 1. The summed E-state index contributed by atoms with van der Waals surface area (Å²) in [5.74, 6) is 1.25. The first-order valence-corrected chi connectivity index (χ1v) is 10.7. The molecule has 3 aromatic rings. The van der Waals surface area contributed by atoms with E-state index in [0.29, 0.717) is 38.7 Å². The van der Waals surface area contributed by atoms with Gasteiger partial charge in [-0.2, -0.15) is 0 Å². The van der Waals surface area contributed by atoms with Crippen molar-refractivity contribution in [2.75, 3.05) is 18.1 Å². The Morgan fingerprint density at radius 1 is 0.969 bits per heavy atom. The number of nitrogens with one attached hydrogen (secondary N) is 1. The van der Waals surface area contributed by atoms with Crippen molar-refractivity contribution in [2.24, 2.45) is 0 Å². The van der Waals surface area contributed by atoms with Crippen LogP contribution in [-0.4, -0.2) is 25.0 Å². The second-order valence-corrected chi connectivity index (χ2v) is 7.53. The van der Waals surface area contributed by atoms with Gasteiger partial charge in [0, 0.05) is 19.4 Å². The Morgan fingerprint density at radius 3 is 2.72 bits per heavy atom. The molecule has 166 valence electrons. The molecular weight excluding hydrogens is 408 g/mol. The molecule has 0 fully saturated rings. The van der Waals surface area contributed by atoms with Crippen molar-refractivity contribution in [1.82, 2.24) is 5.32 Å². The molecule has 1 N–H and O–H groups in total. The molecule has 2 aromatic carbocycles. The van der Waals surface area contributed by atoms with E-state index in [-0.39, 0.29) is 24.7 Å². The molecule has 1 aromatic heterocycles. The first kappa shape index (κ1) is 21.6. The van der Waals surface area contributed by atoms with E-state index in [4.69, 9.17) is 13.9 Å². The van der Waals surface area contributed by atoms with Crippen LogP contribution in [0, 0.1) is 0 Å². The summed E-state index contributed by atoms with van der Waals surface area (Å²) in [6, 6.07) is 19.0. The molecule has 2 heterocycles. The minimum absolute atomic E-state index is 0.0772. The smallest absolute Gasteiger partial charge is 0.227 e. The van der Waals surface area contributed by atoms with Crippen LogP contribution in [-0.2, 0) is 34.1 Å². The number of para-hydroxylation sites is 2. The Hall–Kier alpha value is -3.58. The zero-order valence-electron chi connectivity index (χ0n) is 17.8. The molecule has 0 atom stereocenters. The van der Waals surface area contributed by atoms with E-state index in [9.17, 15) is 9.59 Å². The van der Waals surface area contributed by atoms with E-state index in [1.54, 1.807) is 11.2 Å². The Labute approximate surface area is 186 Å². The highest BCUT2D eigenvalue weighted by molar-refractivity contribution is 5.97. The molecule has 32 heavy (non-hydrogen) atoms. The van der Waals surface area contributed by atoms with Crippen molar-refractivity contribution in [3.8, 4) is 5.75 Å². The van der Waals surface area contributed by atoms with Gasteiger partial charge in [0.2, 0.25) is 11.8 Å². The topological polar surface area (TPSA) is 81.0 Å². The molecule has 0 spiro atoms. The lowest BCUT2D eigenvalue weighted by atomic mass is 10.1. The number of amides is 2. The summed E-state index contributed by atoms with van der Waals surface area (Å²) in [5.41, 5.74) is 2.76. The van der Waals surface area contributed by atoms with Gasteiger partial charge in [-0.15, -0.1) is 0 Å². The third kappa shape index (κ3) is 5.76. The Morgan fingerprint density at radius 2 is 1.84 bits per heavy atom. The number of hydrogen-bond acceptors (Lipinski definition) is 5. The maximum Gasteiger partial charge on any atom is 0.227 e. The maximum atomic E-state index is 12.6. The first-order chi connectivity index (χ1) is 15.7. The van der Waals surface area contributed by atoms with Crippen LogP contribution < -0.4 is 15.0 Å². The summed E-state index contributed by atoms with van der Waals surface area (Å²) in [7, 11) is 0. The number of anilines is 1. The molecule has 0 saturated heterocycles. The second-order valence-electron chi connectivity index (χ2n) is 7.53. The number of furan rings is 1. The lowest BCUT2D eigenvalue weighted by Gasteiger charge is -2.29. The minimum atomic E-state index is -0.153. The standard InChI is InChI=1S/C25H26N2O5/c28-24(10-11-25(29)27-12-14-32-23-9-2-1-8-22(23)27)26-16-19-5-3-6-20(15-19)17-30-18-21-7-4-13-31-21/h1-9,13,15H,10-12,14,16-18H2,(H,26,28). The predicted octanol–water partition coefficient (Wildman–Crippen LogP) is 3.82. The number of carbonyl (C=O) groups is 2. The molecule has 4 rings (SSSR count). The lowest BCUT2D eigenvalue weighted by Crippen LogP contribution is -2.38. The summed E-state index contributed by atoms with van der Waals surface area (Å²) < 4.78 is 16.5. The van der Waals surface area contributed by atoms with Crippen molar-refractivity contribution < 1.29 is 23.5 Å². The van der Waals surface area contributed by atoms with Gasteiger partial charge in [0.05, 0.1) is 25.1 Å². The summed E-state index contributed by atoms with van der Waals surface area (Å²) in [6.45, 7) is 2.22. The minimum Gasteiger partial charge on any atom is -0.490 e. The Balaban J connectivity index is 1.21. The SMILES string of the molecule is O=C(CCC(=O)N1CCOc2ccccc21)NCc1cccc(COCc2ccco2)c1. The highest BCUT2D eigenvalue weighted by Gasteiger charge is 2.23. The fourth-order valence-corrected chi connectivity index (χ4v) is 3.57. The van der Waals surface area contributed by atoms with Crippen molar-refractivity contribution in [3.05, 3.63) is 83.8 Å². The lowest BCUT2D eigenvalue weighted by molar-refractivity contribution is -0.125. The number of hydrogen-bond donors (Lipinski definition) is 1. The largest absolute Gasteiger partial charge is 0.490 e. The van der Waals surface area contributed by atoms with Gasteiger partial charge in [0.25, 0.3) is 0 Å². The van der Waals surface area contributed by atoms with E-state index < -0.39 is 0 Å². The van der Waals surface area contributed by atoms with Crippen LogP contribution in [0.15, 0.2) is 71.3 Å². The van der Waals surface area contributed by atoms with Crippen molar-refractivity contribution >= 4 is 17.5 Å². The summed E-state index contributed by atoms with van der Waals surface area (Å²) in [6.07, 6.45) is 1.92. The Bertz CT molecular complexity index is 1050. The molecule has 7 heteroatoms. The monoisotopic (exact) mass is 434 g/mol. The molecule has 7 nitrogen and oxygen atoms in total. The fourth-order valence-electron chi connectivity index (χ4n) is 3.57. The number of carbonyl (C=O) groups excluding carboxylic acids is 2. The number of ether oxygens (including phenoxy) is 2. The van der Waals surface area contributed by atoms with Gasteiger partial charge in [-0.05, 0) is 35.4 Å². The predicted molar refractivity (Wildman–Crippen MR) is 119 cm³/mol. The van der Waals surface area contributed by atoms with Crippen LogP contribution in [0.4, 0.5) is 5.69 Å². The van der Waals surface area contributed by atoms with Gasteiger partial charge in [-0.1, -0.05) is 36.4 Å². The number of benzene rings is 2. The average Bonchev–Trinajstić information content (AvgIpc) is 3.35. The van der Waals surface area contributed by atoms with Crippen LogP contribution in [0.1, 0.15) is 29.7 Å². The molecule has 2 amide bonds. The van der Waals surface area contributed by atoms with Crippen molar-refractivity contribution in [3.63, 3.8) is 0 Å². The highest BCUT2D eigenvalue weighted by atomic mass is 16.5. The highest BCUT2D eigenvalue weighted by Crippen LogP contribution is 2.31. The molecule has 0 unspecified atom stereocenters. The van der Waals surface area contributed by atoms with Gasteiger partial charge in [0.15, 0.2) is 0 Å². The summed E-state index contributed by atoms with van der Waals surface area (Å²) >= 11 is 0. The van der Waals surface area contributed by atoms with E-state index in [1.807, 2.05) is 60.7 Å². The number of fused-ring (bicyclic) bond motifs is 1. The molecule has 1 aliphatic heterocycles. The molecule has 0 radical (unpaired) electrons. The van der Waals surface area contributed by atoms with Gasteiger partial charge in [-0.3, -0.25) is 9.59 Å². The van der Waals surface area contributed by atoms with Crippen molar-refractivity contribution in [2.45, 2.75) is 32.6 Å². The molecule has 0 saturated carbocycles. The van der Waals surface area contributed by atoms with Gasteiger partial charge in [-0.25, -0.2) is 0 Å². The van der Waals surface area contributed by atoms with E-state index in [1.165, 1.54) is 0 Å². The quantitative estimate of drug-likeness (QED) is 0.554. The van der Waals surface area contributed by atoms with Crippen molar-refractivity contribution in [1.29, 1.82) is 0 Å². The van der Waals surface area contributed by atoms with E-state index >= 15 is 0 Å². The van der Waals surface area contributed by atoms with Crippen LogP contribution in [0.2, 0.25) is 0 Å². The van der Waals surface area contributed by atoms with Crippen LogP contribution in [0.5, 0.6) is 5.75 Å². The second kappa shape index (κ2) is 10.6. The van der Waals surface area contributed by atoms with Gasteiger partial charge >= 0.3 is 0 Å². The fraction of sp³-hybridized carbons (Fsp3) is 0.280. The molecular formula is C25H26N2O5. The van der Waals surface area contributed by atoms with Crippen LogP contribution in [0.3, 0.4) is 0 Å². The van der Waals surface area contributed by atoms with E-state index in [0.717, 1.165) is 22.6 Å². The number of rotatable bonds is 9. The van der Waals surface area contributed by atoms with Crippen LogP contribution >= 0.6 is 0 Å². The molecule has 0 aliphatic carbocycles. The average molecular weight is 434 g/mol. The Kier molecular flexibility index (Phi) is 7.19. The van der Waals surface area contributed by atoms with Gasteiger partial charge in [0.1, 0.15) is 24.7 Å². The van der Waals surface area contributed by atoms with Gasteiger partial charge < -0.3 is 24.1 Å². The van der Waals surface area contributed by atoms with Crippen LogP contribution in [0.25, 0.3) is 0 Å². The zero-order valence-corrected chi connectivity index (χ0v) is 17.8. The maximum absolute atomic E-state index is 12.6. The first-order valence-electron chi connectivity index (χ1n) is 10.7. The molecule has 1 aliphatic rings.